The summed E-state index contributed by atoms with van der Waals surface area (Å²) in [7, 11) is 0. The molecule has 0 bridgehead atoms. The standard InChI is InChI=1S/C34H41N7O6S/c1-33(2,3)47-32(46)36-24-15-11-6-4-5-10-14-22-19-34(22,31(44)45)37-28(42)25-18-23(20-40(25)30(24)43)41-38-26(21-12-8-7-9-13-21)27(39-41)29-35-16-17-48-29/h7-10,12-14,16-17,22-25H,4-6,11,15,18-20H2,1-3H3,(H,36,46)(H,37,42)(H,44,45)/b14-10-/t22-,23+,24+,25+,34+/m1/s1. The highest BCUT2D eigenvalue weighted by Gasteiger charge is 2.61. The van der Waals surface area contributed by atoms with Crippen LogP contribution in [-0.4, -0.2) is 83.6 Å². The number of thiazole rings is 1. The molecule has 13 nitrogen and oxygen atoms in total. The Kier molecular flexibility index (Phi) is 9.37. The molecule has 3 aliphatic rings. The number of hydrogen-bond acceptors (Lipinski definition) is 9. The maximum atomic E-state index is 14.4. The van der Waals surface area contributed by atoms with Gasteiger partial charge in [-0.15, -0.1) is 16.4 Å². The van der Waals surface area contributed by atoms with Gasteiger partial charge in [0.2, 0.25) is 11.8 Å². The van der Waals surface area contributed by atoms with Crippen LogP contribution in [0.25, 0.3) is 22.0 Å². The normalized spacial score (nSPS) is 27.1. The Bertz CT molecular complexity index is 1680. The van der Waals surface area contributed by atoms with E-state index in [9.17, 15) is 24.3 Å². The number of fused-ring (bicyclic) bond motifs is 2. The zero-order valence-corrected chi connectivity index (χ0v) is 28.1. The predicted molar refractivity (Wildman–Crippen MR) is 178 cm³/mol. The molecule has 1 saturated carbocycles. The van der Waals surface area contributed by atoms with Gasteiger partial charge in [-0.25, -0.2) is 14.6 Å². The average molecular weight is 676 g/mol. The molecule has 0 spiro atoms. The van der Waals surface area contributed by atoms with E-state index in [0.717, 1.165) is 24.8 Å². The molecule has 1 aromatic carbocycles. The number of aromatic nitrogens is 4. The second-order valence-electron chi connectivity index (χ2n) is 13.7. The minimum atomic E-state index is -1.43. The van der Waals surface area contributed by atoms with E-state index in [1.165, 1.54) is 21.0 Å². The van der Waals surface area contributed by atoms with Crippen molar-refractivity contribution in [3.05, 3.63) is 54.1 Å². The lowest BCUT2D eigenvalue weighted by Crippen LogP contribution is -2.56. The van der Waals surface area contributed by atoms with Gasteiger partial charge in [-0.3, -0.25) is 9.59 Å². The molecule has 48 heavy (non-hydrogen) atoms. The van der Waals surface area contributed by atoms with E-state index in [2.05, 4.69) is 15.6 Å². The van der Waals surface area contributed by atoms with Gasteiger partial charge in [-0.05, 0) is 46.5 Å². The fraction of sp³-hybridized carbons (Fsp3) is 0.500. The van der Waals surface area contributed by atoms with Gasteiger partial charge in [-0.2, -0.15) is 9.90 Å². The van der Waals surface area contributed by atoms with Crippen molar-refractivity contribution >= 4 is 35.2 Å². The van der Waals surface area contributed by atoms with Gasteiger partial charge in [0, 0.05) is 36.0 Å². The molecule has 0 unspecified atom stereocenters. The quantitative estimate of drug-likeness (QED) is 0.328. The molecule has 4 heterocycles. The smallest absolute Gasteiger partial charge is 0.408 e. The number of aliphatic carboxylic acids is 1. The lowest BCUT2D eigenvalue weighted by atomic mass is 10.0. The lowest BCUT2D eigenvalue weighted by Gasteiger charge is -2.30. The van der Waals surface area contributed by atoms with Crippen molar-refractivity contribution < 1.29 is 29.0 Å². The number of carbonyl (C=O) groups excluding carboxylic acids is 3. The van der Waals surface area contributed by atoms with Crippen LogP contribution in [0, 0.1) is 5.92 Å². The molecule has 2 fully saturated rings. The second-order valence-corrected chi connectivity index (χ2v) is 14.6. The van der Waals surface area contributed by atoms with E-state index in [-0.39, 0.29) is 25.3 Å². The largest absolute Gasteiger partial charge is 0.479 e. The SMILES string of the molecule is CC(C)(C)OC(=O)N[C@H]1CCCCC/C=C\[C@@H]2C[C@]2(C(=O)O)NC(=O)[C@@H]2C[C@H](n3nc(-c4ccccc4)c(-c4nccs4)n3)CN2C1=O. The van der Waals surface area contributed by atoms with Crippen molar-refractivity contribution in [1.29, 1.82) is 0 Å². The first-order valence-electron chi connectivity index (χ1n) is 16.4. The molecule has 3 N–H and O–H groups in total. The van der Waals surface area contributed by atoms with E-state index < -0.39 is 53.1 Å². The third kappa shape index (κ3) is 7.13. The summed E-state index contributed by atoms with van der Waals surface area (Å²) in [6.45, 7) is 5.31. The van der Waals surface area contributed by atoms with E-state index >= 15 is 0 Å². The average Bonchev–Trinajstić information content (AvgIpc) is 3.50. The first-order valence-corrected chi connectivity index (χ1v) is 17.3. The van der Waals surface area contributed by atoms with Crippen LogP contribution in [0.4, 0.5) is 4.79 Å². The van der Waals surface area contributed by atoms with Crippen LogP contribution in [0.3, 0.4) is 0 Å². The minimum Gasteiger partial charge on any atom is -0.479 e. The molecule has 5 atom stereocenters. The summed E-state index contributed by atoms with van der Waals surface area (Å²) in [5.41, 5.74) is -0.166. The topological polar surface area (TPSA) is 169 Å². The van der Waals surface area contributed by atoms with Gasteiger partial charge in [0.15, 0.2) is 0 Å². The van der Waals surface area contributed by atoms with E-state index in [1.54, 1.807) is 27.0 Å². The highest BCUT2D eigenvalue weighted by atomic mass is 32.1. The van der Waals surface area contributed by atoms with Crippen LogP contribution in [0.1, 0.15) is 71.8 Å². The van der Waals surface area contributed by atoms with E-state index in [4.69, 9.17) is 14.9 Å². The molecule has 14 heteroatoms. The van der Waals surface area contributed by atoms with Crippen molar-refractivity contribution in [3.63, 3.8) is 0 Å². The van der Waals surface area contributed by atoms with Crippen molar-refractivity contribution in [2.75, 3.05) is 6.54 Å². The first-order chi connectivity index (χ1) is 22.9. The molecule has 1 saturated heterocycles. The number of amides is 3. The number of nitrogens with zero attached hydrogens (tertiary/aromatic N) is 5. The van der Waals surface area contributed by atoms with Gasteiger partial charge >= 0.3 is 12.1 Å². The summed E-state index contributed by atoms with van der Waals surface area (Å²) in [5, 5.41) is 28.0. The van der Waals surface area contributed by atoms with Crippen LogP contribution in [0.5, 0.6) is 0 Å². The molecule has 1 aliphatic carbocycles. The number of hydrogen-bond donors (Lipinski definition) is 3. The van der Waals surface area contributed by atoms with Gasteiger partial charge in [0.1, 0.15) is 39.6 Å². The van der Waals surface area contributed by atoms with Crippen LogP contribution in [0.2, 0.25) is 0 Å². The molecular weight excluding hydrogens is 634 g/mol. The summed E-state index contributed by atoms with van der Waals surface area (Å²) in [6, 6.07) is 7.10. The van der Waals surface area contributed by atoms with E-state index in [1.807, 2.05) is 47.9 Å². The van der Waals surface area contributed by atoms with Crippen LogP contribution in [-0.2, 0) is 19.1 Å². The molecule has 3 aromatic rings. The number of carbonyl (C=O) groups is 4. The third-order valence-corrected chi connectivity index (χ3v) is 9.75. The van der Waals surface area contributed by atoms with Crippen LogP contribution in [0.15, 0.2) is 54.1 Å². The number of nitrogens with one attached hydrogen (secondary N) is 2. The molecule has 2 aliphatic heterocycles. The van der Waals surface area contributed by atoms with Gasteiger partial charge < -0.3 is 25.4 Å². The number of carboxylic acids is 1. The summed E-state index contributed by atoms with van der Waals surface area (Å²) in [5.74, 6) is -2.45. The number of carboxylic acid groups (broad SMARTS) is 1. The monoisotopic (exact) mass is 675 g/mol. The zero-order valence-electron chi connectivity index (χ0n) is 27.3. The van der Waals surface area contributed by atoms with Crippen molar-refractivity contribution in [3.8, 4) is 22.0 Å². The van der Waals surface area contributed by atoms with Gasteiger partial charge in [0.05, 0.1) is 6.04 Å². The molecule has 3 amide bonds. The number of rotatable bonds is 5. The molecule has 6 rings (SSSR count). The number of alkyl carbamates (subject to hydrolysis) is 1. The highest BCUT2D eigenvalue weighted by molar-refractivity contribution is 7.13. The summed E-state index contributed by atoms with van der Waals surface area (Å²) in [4.78, 5) is 61.2. The predicted octanol–water partition coefficient (Wildman–Crippen LogP) is 4.58. The molecular formula is C34H41N7O6S. The molecule has 2 aromatic heterocycles. The number of benzene rings is 1. The molecule has 0 radical (unpaired) electrons. The molecule has 254 valence electrons. The fourth-order valence-electron chi connectivity index (χ4n) is 6.46. The van der Waals surface area contributed by atoms with E-state index in [0.29, 0.717) is 29.2 Å². The summed E-state index contributed by atoms with van der Waals surface area (Å²) < 4.78 is 5.49. The van der Waals surface area contributed by atoms with Crippen molar-refractivity contribution in [2.45, 2.75) is 95.0 Å². The highest BCUT2D eigenvalue weighted by Crippen LogP contribution is 2.45. The van der Waals surface area contributed by atoms with Crippen LogP contribution < -0.4 is 10.6 Å². The maximum absolute atomic E-state index is 14.4. The van der Waals surface area contributed by atoms with Gasteiger partial charge in [-0.1, -0.05) is 55.3 Å². The second kappa shape index (κ2) is 13.5. The third-order valence-electron chi connectivity index (χ3n) is 8.97. The Morgan fingerprint density at radius 3 is 2.58 bits per heavy atom. The van der Waals surface area contributed by atoms with Crippen LogP contribution >= 0.6 is 11.3 Å². The summed E-state index contributed by atoms with van der Waals surface area (Å²) >= 11 is 1.43. The Morgan fingerprint density at radius 2 is 1.88 bits per heavy atom. The van der Waals surface area contributed by atoms with Crippen molar-refractivity contribution in [2.24, 2.45) is 5.92 Å². The Morgan fingerprint density at radius 1 is 1.10 bits per heavy atom. The Hall–Kier alpha value is -4.59. The number of ether oxygens (including phenoxy) is 1. The zero-order chi connectivity index (χ0) is 34.1. The fourth-order valence-corrected chi connectivity index (χ4v) is 7.08. The lowest BCUT2D eigenvalue weighted by molar-refractivity contribution is -0.145. The van der Waals surface area contributed by atoms with Crippen molar-refractivity contribution in [1.82, 2.24) is 35.5 Å². The Labute approximate surface area is 282 Å². The summed E-state index contributed by atoms with van der Waals surface area (Å²) in [6.07, 6.45) is 8.64. The maximum Gasteiger partial charge on any atom is 0.408 e. The van der Waals surface area contributed by atoms with Gasteiger partial charge in [0.25, 0.3) is 0 Å². The number of allylic oxidation sites excluding steroid dienone is 1. The first kappa shape index (κ1) is 33.3. The Balaban J connectivity index is 1.35. The minimum absolute atomic E-state index is 0.0764.